The van der Waals surface area contributed by atoms with Crippen molar-refractivity contribution in [1.29, 1.82) is 0 Å². The van der Waals surface area contributed by atoms with Crippen molar-refractivity contribution < 1.29 is 4.79 Å². The largest absolute Gasteiger partial charge is 0.361 e. The maximum Gasteiger partial charge on any atom is 0.251 e. The zero-order valence-corrected chi connectivity index (χ0v) is 14.5. The fourth-order valence-corrected chi connectivity index (χ4v) is 4.29. The molecule has 4 heterocycles. The first-order valence-corrected chi connectivity index (χ1v) is 8.19. The number of piperidine rings is 3. The minimum absolute atomic E-state index is 0. The number of hydrogen-bond acceptors (Lipinski definition) is 2. The zero-order chi connectivity index (χ0) is 15.3. The highest BCUT2D eigenvalue weighted by Gasteiger charge is 2.48. The lowest BCUT2D eigenvalue weighted by Gasteiger charge is -2.56. The number of H-pyrrole nitrogens is 1. The number of rotatable bonds is 2. The number of amides is 1. The molecule has 3 aliphatic heterocycles. The van der Waals surface area contributed by atoms with Crippen molar-refractivity contribution in [2.75, 3.05) is 13.1 Å². The molecule has 3 fully saturated rings. The van der Waals surface area contributed by atoms with E-state index in [-0.39, 0.29) is 29.9 Å². The van der Waals surface area contributed by atoms with E-state index in [1.54, 1.807) is 0 Å². The first kappa shape index (κ1) is 16.3. The summed E-state index contributed by atoms with van der Waals surface area (Å²) in [6.07, 6.45) is 4.30. The van der Waals surface area contributed by atoms with Crippen molar-refractivity contribution in [3.8, 4) is 0 Å². The lowest BCUT2D eigenvalue weighted by molar-refractivity contribution is -0.0378. The van der Waals surface area contributed by atoms with Crippen LogP contribution in [0.4, 0.5) is 0 Å². The molecule has 5 heteroatoms. The van der Waals surface area contributed by atoms with Crippen LogP contribution in [0, 0.1) is 5.92 Å². The van der Waals surface area contributed by atoms with Crippen molar-refractivity contribution >= 4 is 29.2 Å². The molecule has 0 saturated carbocycles. The Balaban J connectivity index is 0.00000156. The minimum Gasteiger partial charge on any atom is -0.361 e. The van der Waals surface area contributed by atoms with Crippen LogP contribution in [0.25, 0.3) is 10.9 Å². The summed E-state index contributed by atoms with van der Waals surface area (Å²) in [7, 11) is 0. The third kappa shape index (κ3) is 2.64. The Labute approximate surface area is 143 Å². The molecular weight excluding hydrogens is 310 g/mol. The van der Waals surface area contributed by atoms with Crippen molar-refractivity contribution in [1.82, 2.24) is 15.2 Å². The number of halogens is 1. The van der Waals surface area contributed by atoms with Gasteiger partial charge < -0.3 is 10.3 Å². The van der Waals surface area contributed by atoms with Gasteiger partial charge in [0.15, 0.2) is 0 Å². The Bertz CT molecular complexity index is 716. The molecule has 2 N–H and O–H groups in total. The van der Waals surface area contributed by atoms with E-state index in [1.165, 1.54) is 25.9 Å². The number of nitrogens with one attached hydrogen (secondary N) is 2. The van der Waals surface area contributed by atoms with E-state index in [0.29, 0.717) is 5.92 Å². The van der Waals surface area contributed by atoms with Gasteiger partial charge in [0.05, 0.1) is 0 Å². The van der Waals surface area contributed by atoms with Gasteiger partial charge in [0, 0.05) is 28.9 Å². The maximum absolute atomic E-state index is 12.7. The lowest BCUT2D eigenvalue weighted by Crippen LogP contribution is -2.69. The molecule has 1 amide bonds. The van der Waals surface area contributed by atoms with Gasteiger partial charge in [-0.2, -0.15) is 0 Å². The highest BCUT2D eigenvalue weighted by Crippen LogP contribution is 2.39. The Hall–Kier alpha value is -1.52. The molecule has 0 aliphatic carbocycles. The van der Waals surface area contributed by atoms with Crippen LogP contribution in [0.5, 0.6) is 0 Å². The van der Waals surface area contributed by atoms with E-state index in [4.69, 9.17) is 0 Å². The molecular formula is C18H24ClN3O. The standard InChI is InChI=1S/C18H23N3O.ClH/c1-18(2)16(13-6-9-21(18)10-7-13)20-17(22)14-4-3-12-5-8-19-15(12)11-14;/h3-5,8,11,13,16,19H,6-7,9-10H2,1-2H3,(H,20,22);1H/t16-;/m1./s1. The van der Waals surface area contributed by atoms with Crippen LogP contribution in [0.1, 0.15) is 37.0 Å². The van der Waals surface area contributed by atoms with Gasteiger partial charge in [0.25, 0.3) is 5.91 Å². The number of benzene rings is 1. The number of hydrogen-bond donors (Lipinski definition) is 2. The van der Waals surface area contributed by atoms with E-state index in [0.717, 1.165) is 16.5 Å². The second-order valence-corrected chi connectivity index (χ2v) is 7.21. The van der Waals surface area contributed by atoms with Crippen LogP contribution in [-0.4, -0.2) is 40.5 Å². The monoisotopic (exact) mass is 333 g/mol. The van der Waals surface area contributed by atoms with Crippen LogP contribution < -0.4 is 5.32 Å². The van der Waals surface area contributed by atoms with Crippen molar-refractivity contribution in [2.45, 2.75) is 38.3 Å². The molecule has 3 aliphatic rings. The van der Waals surface area contributed by atoms with Crippen LogP contribution in [0.15, 0.2) is 30.5 Å². The summed E-state index contributed by atoms with van der Waals surface area (Å²) in [6.45, 7) is 6.85. The van der Waals surface area contributed by atoms with Gasteiger partial charge in [-0.05, 0) is 69.3 Å². The predicted octanol–water partition coefficient (Wildman–Crippen LogP) is 3.19. The maximum atomic E-state index is 12.7. The fourth-order valence-electron chi connectivity index (χ4n) is 4.29. The Kier molecular flexibility index (Phi) is 4.15. The summed E-state index contributed by atoms with van der Waals surface area (Å²) in [5.74, 6) is 0.654. The van der Waals surface area contributed by atoms with E-state index in [2.05, 4.69) is 29.0 Å². The SMILES string of the molecule is CC1(C)[C@H](NC(=O)c2ccc3cc[nH]c3c2)C2CCN1CC2.Cl. The molecule has 1 aromatic heterocycles. The number of nitrogens with zero attached hydrogens (tertiary/aromatic N) is 1. The van der Waals surface area contributed by atoms with Crippen LogP contribution >= 0.6 is 12.4 Å². The van der Waals surface area contributed by atoms with E-state index in [1.807, 2.05) is 30.5 Å². The highest BCUT2D eigenvalue weighted by molar-refractivity contribution is 5.98. The minimum atomic E-state index is 0. The number of aromatic amines is 1. The Morgan fingerprint density at radius 1 is 1.26 bits per heavy atom. The molecule has 1 atom stereocenters. The molecule has 0 unspecified atom stereocenters. The summed E-state index contributed by atoms with van der Waals surface area (Å²) in [5.41, 5.74) is 1.80. The third-order valence-electron chi connectivity index (χ3n) is 5.69. The van der Waals surface area contributed by atoms with E-state index >= 15 is 0 Å². The van der Waals surface area contributed by atoms with Gasteiger partial charge in [-0.25, -0.2) is 0 Å². The summed E-state index contributed by atoms with van der Waals surface area (Å²) in [6, 6.07) is 8.12. The fraction of sp³-hybridized carbons (Fsp3) is 0.500. The summed E-state index contributed by atoms with van der Waals surface area (Å²) in [5, 5.41) is 4.46. The van der Waals surface area contributed by atoms with Gasteiger partial charge in [-0.1, -0.05) is 6.07 Å². The predicted molar refractivity (Wildman–Crippen MR) is 95.2 cm³/mol. The second kappa shape index (κ2) is 5.84. The first-order valence-electron chi connectivity index (χ1n) is 8.19. The summed E-state index contributed by atoms with van der Waals surface area (Å²) < 4.78 is 0. The number of aromatic nitrogens is 1. The summed E-state index contributed by atoms with van der Waals surface area (Å²) in [4.78, 5) is 18.4. The smallest absolute Gasteiger partial charge is 0.251 e. The van der Waals surface area contributed by atoms with Gasteiger partial charge in [0.2, 0.25) is 0 Å². The molecule has 0 radical (unpaired) electrons. The number of fused-ring (bicyclic) bond motifs is 4. The quantitative estimate of drug-likeness (QED) is 0.886. The molecule has 124 valence electrons. The molecule has 1 aromatic carbocycles. The molecule has 2 bridgehead atoms. The highest BCUT2D eigenvalue weighted by atomic mass is 35.5. The van der Waals surface area contributed by atoms with Crippen LogP contribution in [-0.2, 0) is 0 Å². The Morgan fingerprint density at radius 2 is 2.00 bits per heavy atom. The molecule has 4 nitrogen and oxygen atoms in total. The average Bonchev–Trinajstić information content (AvgIpc) is 2.98. The molecule has 23 heavy (non-hydrogen) atoms. The van der Waals surface area contributed by atoms with Gasteiger partial charge >= 0.3 is 0 Å². The van der Waals surface area contributed by atoms with Crippen LogP contribution in [0.2, 0.25) is 0 Å². The van der Waals surface area contributed by atoms with E-state index < -0.39 is 0 Å². The number of carbonyl (C=O) groups is 1. The van der Waals surface area contributed by atoms with Crippen molar-refractivity contribution in [3.05, 3.63) is 36.0 Å². The molecule has 5 rings (SSSR count). The van der Waals surface area contributed by atoms with Gasteiger partial charge in [-0.3, -0.25) is 9.69 Å². The average molecular weight is 334 g/mol. The molecule has 3 saturated heterocycles. The van der Waals surface area contributed by atoms with Crippen LogP contribution in [0.3, 0.4) is 0 Å². The number of carbonyl (C=O) groups excluding carboxylic acids is 1. The molecule has 2 aromatic rings. The van der Waals surface area contributed by atoms with Crippen molar-refractivity contribution in [3.63, 3.8) is 0 Å². The second-order valence-electron chi connectivity index (χ2n) is 7.21. The molecule has 0 spiro atoms. The van der Waals surface area contributed by atoms with Gasteiger partial charge in [-0.15, -0.1) is 12.4 Å². The normalized spacial score (nSPS) is 28.3. The van der Waals surface area contributed by atoms with E-state index in [9.17, 15) is 4.79 Å². The Morgan fingerprint density at radius 3 is 2.70 bits per heavy atom. The third-order valence-corrected chi connectivity index (χ3v) is 5.69. The topological polar surface area (TPSA) is 48.1 Å². The zero-order valence-electron chi connectivity index (χ0n) is 13.6. The van der Waals surface area contributed by atoms with Crippen molar-refractivity contribution in [2.24, 2.45) is 5.92 Å². The summed E-state index contributed by atoms with van der Waals surface area (Å²) >= 11 is 0. The first-order chi connectivity index (χ1) is 10.6. The lowest BCUT2D eigenvalue weighted by atomic mass is 9.72. The van der Waals surface area contributed by atoms with Gasteiger partial charge in [0.1, 0.15) is 0 Å².